The molecule has 0 N–H and O–H groups in total. The van der Waals surface area contributed by atoms with Gasteiger partial charge in [-0.2, -0.15) is 13.2 Å². The van der Waals surface area contributed by atoms with Gasteiger partial charge in [-0.25, -0.2) is 4.79 Å². The highest BCUT2D eigenvalue weighted by molar-refractivity contribution is 7.99. The van der Waals surface area contributed by atoms with E-state index in [9.17, 15) is 18.0 Å². The average molecular weight is 593 g/mol. The number of benzene rings is 4. The van der Waals surface area contributed by atoms with Crippen molar-refractivity contribution in [3.8, 4) is 16.9 Å². The molecule has 0 heterocycles. The highest BCUT2D eigenvalue weighted by Gasteiger charge is 2.36. The number of carbonyl (C=O) groups excluding carboxylic acids is 1. The van der Waals surface area contributed by atoms with E-state index in [2.05, 4.69) is 18.2 Å². The summed E-state index contributed by atoms with van der Waals surface area (Å²) in [6.45, 7) is 7.68. The van der Waals surface area contributed by atoms with Crippen molar-refractivity contribution in [2.24, 2.45) is 0 Å². The van der Waals surface area contributed by atoms with Crippen LogP contribution in [0.4, 0.5) is 13.2 Å². The maximum Gasteiger partial charge on any atom is 0.416 e. The molecule has 0 spiro atoms. The number of alkyl halides is 3. The molecule has 0 bridgehead atoms. The first kappa shape index (κ1) is 31.2. The highest BCUT2D eigenvalue weighted by atomic mass is 32.2. The van der Waals surface area contributed by atoms with E-state index in [1.54, 1.807) is 25.6 Å². The molecule has 0 radical (unpaired) electrons. The summed E-state index contributed by atoms with van der Waals surface area (Å²) < 4.78 is 50.4. The van der Waals surface area contributed by atoms with Gasteiger partial charge in [0, 0.05) is 10.1 Å². The van der Waals surface area contributed by atoms with Gasteiger partial charge >= 0.3 is 12.1 Å². The smallest absolute Gasteiger partial charge is 0.416 e. The number of thioether (sulfide) groups is 1. The SMILES string of the molecule is CCOC(=O)[C@](C)(CC)Oc1ccc(SC(Cc2ccccc2)c2ccc(-c3ccc(C(F)(F)F)cc3)cc2)cc1C. The molecule has 220 valence electrons. The van der Waals surface area contributed by atoms with Crippen LogP contribution in [0.3, 0.4) is 0 Å². The molecule has 7 heteroatoms. The van der Waals surface area contributed by atoms with Gasteiger partial charge in [0.25, 0.3) is 0 Å². The quantitative estimate of drug-likeness (QED) is 0.128. The normalized spacial score (nSPS) is 13.7. The zero-order chi connectivity index (χ0) is 30.3. The summed E-state index contributed by atoms with van der Waals surface area (Å²) in [7, 11) is 0. The molecule has 4 aromatic carbocycles. The van der Waals surface area contributed by atoms with E-state index in [-0.39, 0.29) is 11.2 Å². The summed E-state index contributed by atoms with van der Waals surface area (Å²) in [6, 6.07) is 29.5. The lowest BCUT2D eigenvalue weighted by Gasteiger charge is -2.28. The van der Waals surface area contributed by atoms with Gasteiger partial charge in [0.15, 0.2) is 0 Å². The molecular weight excluding hydrogens is 557 g/mol. The fourth-order valence-corrected chi connectivity index (χ4v) is 5.85. The topological polar surface area (TPSA) is 35.5 Å². The van der Waals surface area contributed by atoms with Crippen molar-refractivity contribution in [2.75, 3.05) is 6.61 Å². The zero-order valence-electron chi connectivity index (χ0n) is 24.2. The Hall–Kier alpha value is -3.71. The Morgan fingerprint density at radius 2 is 1.48 bits per heavy atom. The van der Waals surface area contributed by atoms with Crippen LogP contribution in [0.1, 0.15) is 54.7 Å². The second-order valence-corrected chi connectivity index (χ2v) is 11.6. The lowest BCUT2D eigenvalue weighted by Crippen LogP contribution is -2.42. The van der Waals surface area contributed by atoms with Crippen molar-refractivity contribution in [1.82, 2.24) is 0 Å². The maximum atomic E-state index is 13.0. The van der Waals surface area contributed by atoms with E-state index in [0.717, 1.165) is 45.7 Å². The molecule has 0 aromatic heterocycles. The third-order valence-corrected chi connectivity index (χ3v) is 8.48. The van der Waals surface area contributed by atoms with Gasteiger partial charge in [0.2, 0.25) is 5.60 Å². The third-order valence-electron chi connectivity index (χ3n) is 7.23. The van der Waals surface area contributed by atoms with Crippen LogP contribution in [0.5, 0.6) is 5.75 Å². The predicted octanol–water partition coefficient (Wildman–Crippen LogP) is 9.87. The Bertz CT molecular complexity index is 1470. The molecule has 0 aliphatic carbocycles. The second-order valence-electron chi connectivity index (χ2n) is 10.3. The van der Waals surface area contributed by atoms with Crippen LogP contribution < -0.4 is 4.74 Å². The van der Waals surface area contributed by atoms with Crippen LogP contribution in [0.2, 0.25) is 0 Å². The van der Waals surface area contributed by atoms with E-state index < -0.39 is 17.3 Å². The summed E-state index contributed by atoms with van der Waals surface area (Å²) in [5.74, 6) is 0.255. The van der Waals surface area contributed by atoms with E-state index in [1.165, 1.54) is 17.7 Å². The first-order valence-electron chi connectivity index (χ1n) is 14.0. The molecule has 0 aliphatic rings. The van der Waals surface area contributed by atoms with Crippen LogP contribution in [0, 0.1) is 6.92 Å². The standard InChI is InChI=1S/C35H35F3O3S/c1-5-34(4,33(39)40-6-2)41-31-21-20-30(22-24(31)3)42-32(23-25-10-8-7-9-11-25)28-14-12-26(13-15-28)27-16-18-29(19-17-27)35(36,37)38/h7-22,32H,5-6,23H2,1-4H3/t32?,34-/m0/s1. The molecule has 4 aromatic rings. The van der Waals surface area contributed by atoms with Gasteiger partial charge in [0.05, 0.1) is 12.2 Å². The molecule has 0 aliphatic heterocycles. The maximum absolute atomic E-state index is 13.0. The number of esters is 1. The van der Waals surface area contributed by atoms with Crippen molar-refractivity contribution in [1.29, 1.82) is 0 Å². The van der Waals surface area contributed by atoms with Gasteiger partial charge in [0.1, 0.15) is 5.75 Å². The van der Waals surface area contributed by atoms with E-state index in [4.69, 9.17) is 9.47 Å². The minimum Gasteiger partial charge on any atom is -0.476 e. The summed E-state index contributed by atoms with van der Waals surface area (Å²) in [5.41, 5.74) is 3.09. The Morgan fingerprint density at radius 1 is 0.857 bits per heavy atom. The molecule has 1 unspecified atom stereocenters. The van der Waals surface area contributed by atoms with Crippen molar-refractivity contribution in [3.05, 3.63) is 119 Å². The van der Waals surface area contributed by atoms with Gasteiger partial charge < -0.3 is 9.47 Å². The van der Waals surface area contributed by atoms with E-state index in [1.807, 2.05) is 68.4 Å². The molecule has 3 nitrogen and oxygen atoms in total. The highest BCUT2D eigenvalue weighted by Crippen LogP contribution is 2.40. The molecule has 0 saturated carbocycles. The van der Waals surface area contributed by atoms with Crippen molar-refractivity contribution in [3.63, 3.8) is 0 Å². The number of hydrogen-bond donors (Lipinski definition) is 0. The second kappa shape index (κ2) is 13.5. The van der Waals surface area contributed by atoms with Crippen LogP contribution in [0.15, 0.2) is 102 Å². The number of aryl methyl sites for hydroxylation is 1. The Balaban J connectivity index is 1.57. The average Bonchev–Trinajstić information content (AvgIpc) is 2.98. The number of rotatable bonds is 11. The predicted molar refractivity (Wildman–Crippen MR) is 163 cm³/mol. The monoisotopic (exact) mass is 592 g/mol. The Kier molecular flexibility index (Phi) is 10.0. The van der Waals surface area contributed by atoms with E-state index >= 15 is 0 Å². The Morgan fingerprint density at radius 3 is 2.02 bits per heavy atom. The molecule has 0 fully saturated rings. The minimum atomic E-state index is -4.36. The molecule has 4 rings (SSSR count). The summed E-state index contributed by atoms with van der Waals surface area (Å²) >= 11 is 1.73. The molecular formula is C35H35F3O3S. The lowest BCUT2D eigenvalue weighted by atomic mass is 9.99. The fraction of sp³-hybridized carbons (Fsp3) is 0.286. The number of ether oxygens (including phenoxy) is 2. The van der Waals surface area contributed by atoms with Crippen molar-refractivity contribution >= 4 is 17.7 Å². The molecule has 2 atom stereocenters. The summed E-state index contributed by atoms with van der Waals surface area (Å²) in [5, 5.41) is 0.0839. The number of hydrogen-bond acceptors (Lipinski definition) is 4. The van der Waals surface area contributed by atoms with Gasteiger partial charge in [-0.05, 0) is 91.8 Å². The van der Waals surface area contributed by atoms with Crippen LogP contribution >= 0.6 is 11.8 Å². The third kappa shape index (κ3) is 7.77. The zero-order valence-corrected chi connectivity index (χ0v) is 25.0. The first-order chi connectivity index (χ1) is 20.0. The Labute approximate surface area is 250 Å². The van der Waals surface area contributed by atoms with Crippen molar-refractivity contribution in [2.45, 2.75) is 62.5 Å². The largest absolute Gasteiger partial charge is 0.476 e. The number of halogens is 3. The lowest BCUT2D eigenvalue weighted by molar-refractivity contribution is -0.160. The van der Waals surface area contributed by atoms with Crippen molar-refractivity contribution < 1.29 is 27.4 Å². The van der Waals surface area contributed by atoms with Gasteiger partial charge in [-0.1, -0.05) is 73.7 Å². The van der Waals surface area contributed by atoms with Gasteiger partial charge in [-0.15, -0.1) is 11.8 Å². The van der Waals surface area contributed by atoms with Crippen LogP contribution in [-0.2, 0) is 22.1 Å². The van der Waals surface area contributed by atoms with Crippen LogP contribution in [-0.4, -0.2) is 18.2 Å². The molecule has 0 saturated heterocycles. The fourth-order valence-electron chi connectivity index (χ4n) is 4.56. The van der Waals surface area contributed by atoms with Gasteiger partial charge in [-0.3, -0.25) is 0 Å². The number of carbonyl (C=O) groups is 1. The van der Waals surface area contributed by atoms with Crippen LogP contribution in [0.25, 0.3) is 11.1 Å². The minimum absolute atomic E-state index is 0.0839. The summed E-state index contributed by atoms with van der Waals surface area (Å²) in [6.07, 6.45) is -3.09. The molecule has 0 amide bonds. The van der Waals surface area contributed by atoms with E-state index in [0.29, 0.717) is 18.8 Å². The molecule has 42 heavy (non-hydrogen) atoms. The summed E-state index contributed by atoms with van der Waals surface area (Å²) in [4.78, 5) is 13.6. The first-order valence-corrected chi connectivity index (χ1v) is 14.9.